The molecule has 0 atom stereocenters. The van der Waals surface area contributed by atoms with Gasteiger partial charge in [0.1, 0.15) is 0 Å². The fourth-order valence-corrected chi connectivity index (χ4v) is 4.64. The van der Waals surface area contributed by atoms with Gasteiger partial charge in [0.15, 0.2) is 5.65 Å². The lowest BCUT2D eigenvalue weighted by atomic mass is 10.0. The number of likely N-dealkylation sites (tertiary alicyclic amines) is 1. The summed E-state index contributed by atoms with van der Waals surface area (Å²) in [7, 11) is 0. The molecule has 1 aliphatic heterocycles. The molecule has 0 spiro atoms. The van der Waals surface area contributed by atoms with Crippen molar-refractivity contribution in [2.24, 2.45) is 0 Å². The molecule has 1 aromatic carbocycles. The van der Waals surface area contributed by atoms with E-state index in [0.29, 0.717) is 12.8 Å². The molecule has 1 amide bonds. The third kappa shape index (κ3) is 4.79. The van der Waals surface area contributed by atoms with Gasteiger partial charge in [-0.15, -0.1) is 0 Å². The first-order chi connectivity index (χ1) is 15.0. The molecule has 2 aromatic heterocycles. The molecule has 6 nitrogen and oxygen atoms in total. The standard InChI is InChI=1S/C25H33N5O/c1-18-22(12-13-23(31)26-14-9-17-29-15-7-8-16-29)20(3)30-25(27-18)24(19(2)28-30)21-10-5-4-6-11-21/h4-6,10-11H,7-9,12-17H2,1-3H3,(H,26,31). The van der Waals surface area contributed by atoms with Crippen LogP contribution in [0.4, 0.5) is 0 Å². The molecule has 3 heterocycles. The monoisotopic (exact) mass is 419 g/mol. The number of hydrogen-bond donors (Lipinski definition) is 1. The third-order valence-electron chi connectivity index (χ3n) is 6.34. The molecule has 3 aromatic rings. The lowest BCUT2D eigenvalue weighted by molar-refractivity contribution is -0.121. The lowest BCUT2D eigenvalue weighted by Gasteiger charge is -2.14. The van der Waals surface area contributed by atoms with Crippen LogP contribution in [-0.2, 0) is 11.2 Å². The molecular formula is C25H33N5O. The minimum absolute atomic E-state index is 0.113. The number of nitrogens with zero attached hydrogens (tertiary/aromatic N) is 4. The molecule has 1 fully saturated rings. The number of nitrogens with one attached hydrogen (secondary N) is 1. The molecule has 1 N–H and O–H groups in total. The Labute approximate surface area is 184 Å². The van der Waals surface area contributed by atoms with E-state index < -0.39 is 0 Å². The molecule has 31 heavy (non-hydrogen) atoms. The average Bonchev–Trinajstić information content (AvgIpc) is 3.39. The van der Waals surface area contributed by atoms with Gasteiger partial charge < -0.3 is 10.2 Å². The summed E-state index contributed by atoms with van der Waals surface area (Å²) in [6, 6.07) is 10.3. The summed E-state index contributed by atoms with van der Waals surface area (Å²) in [5, 5.41) is 7.84. The Bertz CT molecular complexity index is 1050. The molecule has 0 saturated carbocycles. The van der Waals surface area contributed by atoms with E-state index in [0.717, 1.165) is 58.9 Å². The second-order valence-corrected chi connectivity index (χ2v) is 8.58. The van der Waals surface area contributed by atoms with Crippen LogP contribution in [0.2, 0.25) is 0 Å². The van der Waals surface area contributed by atoms with Crippen molar-refractivity contribution >= 4 is 11.6 Å². The quantitative estimate of drug-likeness (QED) is 0.563. The Morgan fingerprint density at radius 1 is 1.06 bits per heavy atom. The molecule has 164 valence electrons. The van der Waals surface area contributed by atoms with Crippen molar-refractivity contribution in [1.29, 1.82) is 0 Å². The largest absolute Gasteiger partial charge is 0.356 e. The van der Waals surface area contributed by atoms with Crippen molar-refractivity contribution < 1.29 is 4.79 Å². The number of fused-ring (bicyclic) bond motifs is 1. The van der Waals surface area contributed by atoms with Gasteiger partial charge in [-0.2, -0.15) is 5.10 Å². The lowest BCUT2D eigenvalue weighted by Crippen LogP contribution is -2.28. The fourth-order valence-electron chi connectivity index (χ4n) is 4.64. The highest BCUT2D eigenvalue weighted by Gasteiger charge is 2.18. The molecule has 0 aliphatic carbocycles. The number of rotatable bonds is 8. The number of benzene rings is 1. The van der Waals surface area contributed by atoms with Gasteiger partial charge in [-0.25, -0.2) is 9.50 Å². The normalized spacial score (nSPS) is 14.4. The SMILES string of the molecule is Cc1nc2c(-c3ccccc3)c(C)nn2c(C)c1CCC(=O)NCCCN1CCCC1. The highest BCUT2D eigenvalue weighted by Crippen LogP contribution is 2.29. The summed E-state index contributed by atoms with van der Waals surface area (Å²) in [6.07, 6.45) is 4.80. The number of hydrogen-bond acceptors (Lipinski definition) is 4. The van der Waals surface area contributed by atoms with Gasteiger partial charge >= 0.3 is 0 Å². The zero-order valence-corrected chi connectivity index (χ0v) is 18.9. The first kappa shape index (κ1) is 21.5. The van der Waals surface area contributed by atoms with Gasteiger partial charge in [0.25, 0.3) is 0 Å². The Morgan fingerprint density at radius 2 is 1.81 bits per heavy atom. The molecule has 6 heteroatoms. The van der Waals surface area contributed by atoms with E-state index in [1.165, 1.54) is 25.9 Å². The maximum atomic E-state index is 12.4. The van der Waals surface area contributed by atoms with Gasteiger partial charge in [-0.05, 0) is 77.2 Å². The fraction of sp³-hybridized carbons (Fsp3) is 0.480. The second kappa shape index (κ2) is 9.60. The van der Waals surface area contributed by atoms with Gasteiger partial charge in [0, 0.05) is 29.9 Å². The Balaban J connectivity index is 1.42. The van der Waals surface area contributed by atoms with E-state index in [4.69, 9.17) is 10.1 Å². The van der Waals surface area contributed by atoms with Crippen LogP contribution in [-0.4, -0.2) is 51.6 Å². The average molecular weight is 420 g/mol. The molecule has 1 saturated heterocycles. The van der Waals surface area contributed by atoms with Crippen LogP contribution < -0.4 is 5.32 Å². The first-order valence-corrected chi connectivity index (χ1v) is 11.4. The van der Waals surface area contributed by atoms with Gasteiger partial charge in [-0.3, -0.25) is 4.79 Å². The minimum atomic E-state index is 0.113. The number of carbonyl (C=O) groups excluding carboxylic acids is 1. The minimum Gasteiger partial charge on any atom is -0.356 e. The molecule has 1 aliphatic rings. The smallest absolute Gasteiger partial charge is 0.220 e. The number of aromatic nitrogens is 3. The summed E-state index contributed by atoms with van der Waals surface area (Å²) in [5.41, 5.74) is 7.21. The summed E-state index contributed by atoms with van der Waals surface area (Å²) in [5.74, 6) is 0.113. The second-order valence-electron chi connectivity index (χ2n) is 8.58. The van der Waals surface area contributed by atoms with Crippen LogP contribution in [0.3, 0.4) is 0 Å². The Morgan fingerprint density at radius 3 is 2.55 bits per heavy atom. The maximum Gasteiger partial charge on any atom is 0.220 e. The summed E-state index contributed by atoms with van der Waals surface area (Å²) >= 11 is 0. The zero-order valence-electron chi connectivity index (χ0n) is 18.9. The number of aryl methyl sites for hydroxylation is 3. The van der Waals surface area contributed by atoms with Crippen molar-refractivity contribution in [2.45, 2.75) is 52.9 Å². The number of amides is 1. The highest BCUT2D eigenvalue weighted by molar-refractivity contribution is 5.80. The van der Waals surface area contributed by atoms with Crippen LogP contribution in [0.1, 0.15) is 48.3 Å². The summed E-state index contributed by atoms with van der Waals surface area (Å²) < 4.78 is 1.94. The van der Waals surface area contributed by atoms with Crippen LogP contribution in [0, 0.1) is 20.8 Å². The number of carbonyl (C=O) groups is 1. The van der Waals surface area contributed by atoms with Gasteiger partial charge in [0.2, 0.25) is 5.91 Å². The predicted molar refractivity (Wildman–Crippen MR) is 124 cm³/mol. The van der Waals surface area contributed by atoms with E-state index >= 15 is 0 Å². The molecule has 0 bridgehead atoms. The van der Waals surface area contributed by atoms with E-state index in [1.54, 1.807) is 0 Å². The molecule has 0 unspecified atom stereocenters. The topological polar surface area (TPSA) is 62.5 Å². The highest BCUT2D eigenvalue weighted by atomic mass is 16.1. The summed E-state index contributed by atoms with van der Waals surface area (Å²) in [6.45, 7) is 10.4. The van der Waals surface area contributed by atoms with Crippen molar-refractivity contribution in [2.75, 3.05) is 26.2 Å². The Hall–Kier alpha value is -2.73. The van der Waals surface area contributed by atoms with Crippen molar-refractivity contribution in [3.8, 4) is 11.1 Å². The van der Waals surface area contributed by atoms with Crippen molar-refractivity contribution in [3.05, 3.63) is 53.0 Å². The first-order valence-electron chi connectivity index (χ1n) is 11.4. The predicted octanol–water partition coefficient (Wildman–Crippen LogP) is 3.86. The maximum absolute atomic E-state index is 12.4. The molecule has 0 radical (unpaired) electrons. The van der Waals surface area contributed by atoms with Crippen LogP contribution in [0.15, 0.2) is 30.3 Å². The van der Waals surface area contributed by atoms with E-state index in [2.05, 4.69) is 29.3 Å². The summed E-state index contributed by atoms with van der Waals surface area (Å²) in [4.78, 5) is 19.8. The Kier molecular flexibility index (Phi) is 6.66. The molecular weight excluding hydrogens is 386 g/mol. The third-order valence-corrected chi connectivity index (χ3v) is 6.34. The van der Waals surface area contributed by atoms with Gasteiger partial charge in [-0.1, -0.05) is 30.3 Å². The van der Waals surface area contributed by atoms with E-state index in [-0.39, 0.29) is 5.91 Å². The molecule has 4 rings (SSSR count). The van der Waals surface area contributed by atoms with E-state index in [1.807, 2.05) is 36.6 Å². The van der Waals surface area contributed by atoms with Crippen molar-refractivity contribution in [3.63, 3.8) is 0 Å². The van der Waals surface area contributed by atoms with Crippen molar-refractivity contribution in [1.82, 2.24) is 24.8 Å². The van der Waals surface area contributed by atoms with Crippen LogP contribution >= 0.6 is 0 Å². The van der Waals surface area contributed by atoms with E-state index in [9.17, 15) is 4.79 Å². The van der Waals surface area contributed by atoms with Crippen LogP contribution in [0.5, 0.6) is 0 Å². The zero-order chi connectivity index (χ0) is 21.8. The van der Waals surface area contributed by atoms with Gasteiger partial charge in [0.05, 0.1) is 5.69 Å². The van der Waals surface area contributed by atoms with Crippen LogP contribution in [0.25, 0.3) is 16.8 Å².